The Balaban J connectivity index is 1.75. The number of aryl methyl sites for hydroxylation is 1. The van der Waals surface area contributed by atoms with E-state index in [1.54, 1.807) is 0 Å². The highest BCUT2D eigenvalue weighted by atomic mass is 32.1. The Labute approximate surface area is 114 Å². The summed E-state index contributed by atoms with van der Waals surface area (Å²) in [6.07, 6.45) is 1.96. The smallest absolute Gasteiger partial charge is 0.261 e. The number of amides is 1. The standard InChI is InChI=1S/C14H13N3OS/c1-10-4-2-6-13-16-11(9-17(10)13)8-15-14(18)12-5-3-7-19-12/h2-7,9H,8H2,1H3,(H,15,18). The topological polar surface area (TPSA) is 46.4 Å². The molecule has 3 aromatic rings. The average Bonchev–Trinajstić information content (AvgIpc) is 3.05. The maximum atomic E-state index is 11.8. The lowest BCUT2D eigenvalue weighted by Crippen LogP contribution is -2.21. The maximum absolute atomic E-state index is 11.8. The lowest BCUT2D eigenvalue weighted by atomic mass is 10.4. The normalized spacial score (nSPS) is 10.8. The summed E-state index contributed by atoms with van der Waals surface area (Å²) < 4.78 is 2.02. The third-order valence-electron chi connectivity index (χ3n) is 2.92. The van der Waals surface area contributed by atoms with Crippen LogP contribution in [0.5, 0.6) is 0 Å². The van der Waals surface area contributed by atoms with Gasteiger partial charge in [-0.05, 0) is 30.5 Å². The summed E-state index contributed by atoms with van der Waals surface area (Å²) in [5, 5.41) is 4.77. The van der Waals surface area contributed by atoms with Crippen LogP contribution in [0.3, 0.4) is 0 Å². The second-order valence-corrected chi connectivity index (χ2v) is 5.24. The summed E-state index contributed by atoms with van der Waals surface area (Å²) in [6, 6.07) is 9.65. The van der Waals surface area contributed by atoms with E-state index in [-0.39, 0.29) is 5.91 Å². The summed E-state index contributed by atoms with van der Waals surface area (Å²) in [7, 11) is 0. The van der Waals surface area contributed by atoms with Crippen molar-refractivity contribution < 1.29 is 4.79 Å². The summed E-state index contributed by atoms with van der Waals surface area (Å²) in [4.78, 5) is 17.0. The molecular weight excluding hydrogens is 258 g/mol. The van der Waals surface area contributed by atoms with Crippen molar-refractivity contribution in [2.45, 2.75) is 13.5 Å². The monoisotopic (exact) mass is 271 g/mol. The molecule has 19 heavy (non-hydrogen) atoms. The van der Waals surface area contributed by atoms with Gasteiger partial charge in [0.1, 0.15) is 5.65 Å². The number of thiophene rings is 1. The number of fused-ring (bicyclic) bond motifs is 1. The zero-order chi connectivity index (χ0) is 13.2. The second-order valence-electron chi connectivity index (χ2n) is 4.29. The van der Waals surface area contributed by atoms with E-state index in [9.17, 15) is 4.79 Å². The van der Waals surface area contributed by atoms with Crippen LogP contribution in [-0.4, -0.2) is 15.3 Å². The van der Waals surface area contributed by atoms with E-state index in [2.05, 4.69) is 10.3 Å². The van der Waals surface area contributed by atoms with Crippen molar-refractivity contribution in [3.63, 3.8) is 0 Å². The molecule has 3 heterocycles. The van der Waals surface area contributed by atoms with Gasteiger partial charge in [-0.3, -0.25) is 4.79 Å². The van der Waals surface area contributed by atoms with Crippen LogP contribution in [0.15, 0.2) is 41.9 Å². The largest absolute Gasteiger partial charge is 0.346 e. The summed E-state index contributed by atoms with van der Waals surface area (Å²) in [6.45, 7) is 2.47. The average molecular weight is 271 g/mol. The third kappa shape index (κ3) is 2.37. The Hall–Kier alpha value is -2.14. The van der Waals surface area contributed by atoms with Crippen molar-refractivity contribution >= 4 is 22.9 Å². The molecule has 0 aromatic carbocycles. The first-order valence-corrected chi connectivity index (χ1v) is 6.87. The number of carbonyl (C=O) groups excluding carboxylic acids is 1. The van der Waals surface area contributed by atoms with Gasteiger partial charge in [-0.1, -0.05) is 12.1 Å². The molecule has 3 rings (SSSR count). The van der Waals surface area contributed by atoms with Crippen LogP contribution in [-0.2, 0) is 6.54 Å². The van der Waals surface area contributed by atoms with Crippen molar-refractivity contribution in [3.05, 3.63) is 58.2 Å². The van der Waals surface area contributed by atoms with Crippen molar-refractivity contribution in [3.8, 4) is 0 Å². The van der Waals surface area contributed by atoms with Crippen LogP contribution >= 0.6 is 11.3 Å². The zero-order valence-corrected chi connectivity index (χ0v) is 11.3. The van der Waals surface area contributed by atoms with Crippen molar-refractivity contribution in [2.75, 3.05) is 0 Å². The molecule has 0 fully saturated rings. The zero-order valence-electron chi connectivity index (χ0n) is 10.5. The van der Waals surface area contributed by atoms with Crippen LogP contribution in [0.4, 0.5) is 0 Å². The molecule has 0 aliphatic heterocycles. The SMILES string of the molecule is Cc1cccc2nc(CNC(=O)c3cccs3)cn12. The predicted octanol–water partition coefficient (Wildman–Crippen LogP) is 2.63. The van der Waals surface area contributed by atoms with E-state index in [0.29, 0.717) is 6.54 Å². The highest BCUT2D eigenvalue weighted by Crippen LogP contribution is 2.10. The molecule has 4 nitrogen and oxygen atoms in total. The van der Waals surface area contributed by atoms with E-state index in [1.807, 2.05) is 53.2 Å². The molecule has 0 atom stereocenters. The summed E-state index contributed by atoms with van der Waals surface area (Å²) in [5.41, 5.74) is 2.89. The first-order valence-electron chi connectivity index (χ1n) is 5.99. The van der Waals surface area contributed by atoms with E-state index >= 15 is 0 Å². The van der Waals surface area contributed by atoms with Gasteiger partial charge in [-0.25, -0.2) is 4.98 Å². The quantitative estimate of drug-likeness (QED) is 0.796. The minimum Gasteiger partial charge on any atom is -0.346 e. The highest BCUT2D eigenvalue weighted by Gasteiger charge is 2.08. The van der Waals surface area contributed by atoms with Crippen LogP contribution < -0.4 is 5.32 Å². The van der Waals surface area contributed by atoms with Gasteiger partial charge in [0, 0.05) is 11.9 Å². The van der Waals surface area contributed by atoms with Crippen LogP contribution in [0.1, 0.15) is 21.1 Å². The fourth-order valence-electron chi connectivity index (χ4n) is 1.95. The molecule has 96 valence electrons. The predicted molar refractivity (Wildman–Crippen MR) is 75.4 cm³/mol. The molecule has 0 unspecified atom stereocenters. The second kappa shape index (κ2) is 4.85. The molecule has 3 aromatic heterocycles. The Morgan fingerprint density at radius 3 is 3.00 bits per heavy atom. The summed E-state index contributed by atoms with van der Waals surface area (Å²) >= 11 is 1.44. The van der Waals surface area contributed by atoms with Gasteiger partial charge in [0.2, 0.25) is 0 Å². The highest BCUT2D eigenvalue weighted by molar-refractivity contribution is 7.12. The first-order chi connectivity index (χ1) is 9.24. The van der Waals surface area contributed by atoms with Gasteiger partial charge in [0.05, 0.1) is 17.1 Å². The number of nitrogens with one attached hydrogen (secondary N) is 1. The van der Waals surface area contributed by atoms with Gasteiger partial charge < -0.3 is 9.72 Å². The minimum absolute atomic E-state index is 0.0521. The van der Waals surface area contributed by atoms with E-state index in [4.69, 9.17) is 0 Å². The van der Waals surface area contributed by atoms with E-state index < -0.39 is 0 Å². The molecule has 0 aliphatic carbocycles. The Bertz CT molecular complexity index is 715. The minimum atomic E-state index is -0.0521. The summed E-state index contributed by atoms with van der Waals surface area (Å²) in [5.74, 6) is -0.0521. The molecular formula is C14H13N3OS. The molecule has 0 radical (unpaired) electrons. The van der Waals surface area contributed by atoms with Gasteiger partial charge in [-0.15, -0.1) is 11.3 Å². The first kappa shape index (κ1) is 11.9. The number of hydrogen-bond acceptors (Lipinski definition) is 3. The Kier molecular flexibility index (Phi) is 3.05. The third-order valence-corrected chi connectivity index (χ3v) is 3.79. The molecule has 1 N–H and O–H groups in total. The fourth-order valence-corrected chi connectivity index (χ4v) is 2.59. The van der Waals surface area contributed by atoms with Gasteiger partial charge in [-0.2, -0.15) is 0 Å². The molecule has 0 bridgehead atoms. The van der Waals surface area contributed by atoms with Crippen LogP contribution in [0, 0.1) is 6.92 Å². The Morgan fingerprint density at radius 2 is 2.26 bits per heavy atom. The number of nitrogens with zero attached hydrogens (tertiary/aromatic N) is 2. The van der Waals surface area contributed by atoms with Gasteiger partial charge in [0.25, 0.3) is 5.91 Å². The number of hydrogen-bond donors (Lipinski definition) is 1. The molecule has 1 amide bonds. The number of rotatable bonds is 3. The lowest BCUT2D eigenvalue weighted by Gasteiger charge is -1.99. The van der Waals surface area contributed by atoms with E-state index in [0.717, 1.165) is 21.9 Å². The van der Waals surface area contributed by atoms with E-state index in [1.165, 1.54) is 11.3 Å². The maximum Gasteiger partial charge on any atom is 0.261 e. The van der Waals surface area contributed by atoms with Crippen molar-refractivity contribution in [2.24, 2.45) is 0 Å². The molecule has 0 saturated heterocycles. The van der Waals surface area contributed by atoms with Crippen LogP contribution in [0.25, 0.3) is 5.65 Å². The molecule has 5 heteroatoms. The number of aromatic nitrogens is 2. The molecule has 0 aliphatic rings. The van der Waals surface area contributed by atoms with Gasteiger partial charge in [0.15, 0.2) is 0 Å². The molecule has 0 spiro atoms. The van der Waals surface area contributed by atoms with Crippen LogP contribution in [0.2, 0.25) is 0 Å². The molecule has 0 saturated carbocycles. The van der Waals surface area contributed by atoms with Crippen molar-refractivity contribution in [1.29, 1.82) is 0 Å². The number of imidazole rings is 1. The number of pyridine rings is 1. The number of carbonyl (C=O) groups is 1. The fraction of sp³-hybridized carbons (Fsp3) is 0.143. The Morgan fingerprint density at radius 1 is 1.37 bits per heavy atom. The lowest BCUT2D eigenvalue weighted by molar-refractivity contribution is 0.0954. The van der Waals surface area contributed by atoms with Crippen molar-refractivity contribution in [1.82, 2.24) is 14.7 Å². The van der Waals surface area contributed by atoms with Gasteiger partial charge >= 0.3 is 0 Å².